The van der Waals surface area contributed by atoms with Gasteiger partial charge >= 0.3 is 0 Å². The zero-order chi connectivity index (χ0) is 23.8. The van der Waals surface area contributed by atoms with Crippen LogP contribution in [-0.4, -0.2) is 46.1 Å². The molecule has 2 amide bonds. The molecule has 3 heterocycles. The molecule has 0 radical (unpaired) electrons. The molecule has 1 unspecified atom stereocenters. The number of hydrazone groups is 1. The average Bonchev–Trinajstić information content (AvgIpc) is 3.67. The fraction of sp³-hybridized carbons (Fsp3) is 0.370. The molecule has 2 saturated carbocycles. The van der Waals surface area contributed by atoms with Crippen LogP contribution >= 0.6 is 11.3 Å². The molecule has 8 heteroatoms. The average molecular weight is 489 g/mol. The van der Waals surface area contributed by atoms with Gasteiger partial charge < -0.3 is 9.73 Å². The molecule has 0 spiro atoms. The van der Waals surface area contributed by atoms with Crippen molar-refractivity contribution in [3.05, 3.63) is 81.9 Å². The lowest BCUT2D eigenvalue weighted by atomic mass is 10.1. The minimum absolute atomic E-state index is 0.00251. The van der Waals surface area contributed by atoms with Crippen LogP contribution in [0.5, 0.6) is 0 Å². The van der Waals surface area contributed by atoms with Crippen molar-refractivity contribution in [1.82, 2.24) is 15.2 Å². The van der Waals surface area contributed by atoms with Gasteiger partial charge in [-0.15, -0.1) is 11.3 Å². The van der Waals surface area contributed by atoms with E-state index < -0.39 is 0 Å². The Hall–Kier alpha value is -3.23. The molecule has 1 aliphatic heterocycles. The van der Waals surface area contributed by atoms with E-state index in [1.54, 1.807) is 22.6 Å². The van der Waals surface area contributed by atoms with Crippen molar-refractivity contribution in [2.24, 2.45) is 5.10 Å². The first-order valence-corrected chi connectivity index (χ1v) is 13.1. The summed E-state index contributed by atoms with van der Waals surface area (Å²) in [5.41, 5.74) is 2.59. The Kier molecular flexibility index (Phi) is 6.00. The molecule has 7 nitrogen and oxygen atoms in total. The van der Waals surface area contributed by atoms with Crippen LogP contribution < -0.4 is 5.32 Å². The number of nitrogens with zero attached hydrogens (tertiary/aromatic N) is 3. The van der Waals surface area contributed by atoms with E-state index in [2.05, 4.69) is 16.3 Å². The molecule has 6 rings (SSSR count). The van der Waals surface area contributed by atoms with Gasteiger partial charge in [0.1, 0.15) is 11.5 Å². The molecule has 35 heavy (non-hydrogen) atoms. The predicted molar refractivity (Wildman–Crippen MR) is 134 cm³/mol. The number of thiophene rings is 1. The lowest BCUT2D eigenvalue weighted by Crippen LogP contribution is -2.39. The number of hydrogen-bond donors (Lipinski definition) is 1. The Morgan fingerprint density at radius 1 is 1.09 bits per heavy atom. The molecule has 0 saturated heterocycles. The van der Waals surface area contributed by atoms with Gasteiger partial charge in [0.05, 0.1) is 18.8 Å². The highest BCUT2D eigenvalue weighted by molar-refractivity contribution is 7.10. The number of carbonyl (C=O) groups is 2. The maximum atomic E-state index is 13.5. The van der Waals surface area contributed by atoms with Gasteiger partial charge in [0.15, 0.2) is 0 Å². The van der Waals surface area contributed by atoms with E-state index in [0.717, 1.165) is 41.8 Å². The van der Waals surface area contributed by atoms with Gasteiger partial charge in [0.25, 0.3) is 11.8 Å². The molecule has 2 fully saturated rings. The molecular weight excluding hydrogens is 460 g/mol. The van der Waals surface area contributed by atoms with E-state index in [9.17, 15) is 9.59 Å². The van der Waals surface area contributed by atoms with Crippen LogP contribution in [-0.2, 0) is 11.3 Å². The number of nitrogens with one attached hydrogen (secondary N) is 1. The summed E-state index contributed by atoms with van der Waals surface area (Å²) in [5.74, 6) is 0.705. The first-order chi connectivity index (χ1) is 17.1. The fourth-order valence-corrected chi connectivity index (χ4v) is 5.34. The first kappa shape index (κ1) is 22.2. The molecule has 3 aliphatic rings. The molecule has 1 aromatic carbocycles. The summed E-state index contributed by atoms with van der Waals surface area (Å²) in [7, 11) is 0. The van der Waals surface area contributed by atoms with Crippen LogP contribution in [0.2, 0.25) is 0 Å². The summed E-state index contributed by atoms with van der Waals surface area (Å²) in [4.78, 5) is 29.2. The van der Waals surface area contributed by atoms with E-state index in [1.165, 1.54) is 0 Å². The maximum Gasteiger partial charge on any atom is 0.257 e. The van der Waals surface area contributed by atoms with Gasteiger partial charge in [0, 0.05) is 35.5 Å². The number of amides is 2. The molecule has 0 bridgehead atoms. The number of benzene rings is 1. The van der Waals surface area contributed by atoms with Crippen molar-refractivity contribution >= 4 is 28.9 Å². The van der Waals surface area contributed by atoms with Gasteiger partial charge in [-0.05, 0) is 67.0 Å². The molecule has 3 aromatic rings. The third-order valence-electron chi connectivity index (χ3n) is 6.76. The van der Waals surface area contributed by atoms with Gasteiger partial charge in [-0.2, -0.15) is 5.10 Å². The Balaban J connectivity index is 1.16. The van der Waals surface area contributed by atoms with Crippen LogP contribution in [0.1, 0.15) is 64.7 Å². The summed E-state index contributed by atoms with van der Waals surface area (Å²) in [5, 5.41) is 11.4. The van der Waals surface area contributed by atoms with Crippen LogP contribution in [0.3, 0.4) is 0 Å². The van der Waals surface area contributed by atoms with Crippen molar-refractivity contribution in [1.29, 1.82) is 0 Å². The molecule has 2 aromatic heterocycles. The van der Waals surface area contributed by atoms with Crippen molar-refractivity contribution in [2.45, 2.75) is 56.8 Å². The van der Waals surface area contributed by atoms with Crippen molar-refractivity contribution in [2.75, 3.05) is 6.54 Å². The van der Waals surface area contributed by atoms with Gasteiger partial charge in [-0.1, -0.05) is 18.2 Å². The Morgan fingerprint density at radius 2 is 1.91 bits per heavy atom. The molecule has 2 aliphatic carbocycles. The van der Waals surface area contributed by atoms with E-state index >= 15 is 0 Å². The monoisotopic (exact) mass is 488 g/mol. The second-order valence-corrected chi connectivity index (χ2v) is 10.6. The van der Waals surface area contributed by atoms with Crippen LogP contribution in [0.25, 0.3) is 0 Å². The summed E-state index contributed by atoms with van der Waals surface area (Å²) in [6.45, 7) is 0.985. The quantitative estimate of drug-likeness (QED) is 0.478. The highest BCUT2D eigenvalue weighted by atomic mass is 32.1. The fourth-order valence-electron chi connectivity index (χ4n) is 4.53. The van der Waals surface area contributed by atoms with Gasteiger partial charge in [-0.3, -0.25) is 14.5 Å². The van der Waals surface area contributed by atoms with Crippen molar-refractivity contribution in [3.8, 4) is 0 Å². The van der Waals surface area contributed by atoms with Crippen LogP contribution in [0.4, 0.5) is 0 Å². The zero-order valence-corrected chi connectivity index (χ0v) is 20.2. The minimum atomic E-state index is -0.104. The Bertz CT molecular complexity index is 1210. The normalized spacial score (nSPS) is 19.7. The highest BCUT2D eigenvalue weighted by Crippen LogP contribution is 2.36. The second-order valence-electron chi connectivity index (χ2n) is 9.58. The summed E-state index contributed by atoms with van der Waals surface area (Å²) in [6.07, 6.45) is 6.64. The number of rotatable bonds is 9. The number of carbonyl (C=O) groups excluding carboxylic acids is 2. The molecule has 1 N–H and O–H groups in total. The van der Waals surface area contributed by atoms with Crippen LogP contribution in [0.15, 0.2) is 69.7 Å². The minimum Gasteiger partial charge on any atom is -0.463 e. The van der Waals surface area contributed by atoms with Crippen LogP contribution in [0, 0.1) is 0 Å². The lowest BCUT2D eigenvalue weighted by Gasteiger charge is -2.26. The molecular formula is C27H28N4O3S. The van der Waals surface area contributed by atoms with E-state index in [4.69, 9.17) is 9.52 Å². The second kappa shape index (κ2) is 9.43. The zero-order valence-electron chi connectivity index (χ0n) is 19.4. The molecule has 1 atom stereocenters. The van der Waals surface area contributed by atoms with Gasteiger partial charge in [0.2, 0.25) is 0 Å². The largest absolute Gasteiger partial charge is 0.463 e. The standard InChI is InChI=1S/C27H28N4O3S/c32-26(31-23(25-4-2-14-35-25)15-22(29-31)24-3-1-13-34-24)17-30(21-11-12-21)16-18-5-7-19(8-6-18)27(33)28-20-9-10-20/h1-8,13-14,20-21,23H,9-12,15-17H2,(H,28,33). The third-order valence-corrected chi connectivity index (χ3v) is 7.73. The summed E-state index contributed by atoms with van der Waals surface area (Å²) >= 11 is 1.65. The summed E-state index contributed by atoms with van der Waals surface area (Å²) < 4.78 is 5.57. The third kappa shape index (κ3) is 5.09. The van der Waals surface area contributed by atoms with Crippen molar-refractivity contribution in [3.63, 3.8) is 0 Å². The number of furan rings is 1. The Labute approximate surface area is 208 Å². The number of hydrogen-bond acceptors (Lipinski definition) is 6. The van der Waals surface area contributed by atoms with E-state index in [-0.39, 0.29) is 17.9 Å². The lowest BCUT2D eigenvalue weighted by molar-refractivity contribution is -0.134. The Morgan fingerprint density at radius 3 is 2.57 bits per heavy atom. The highest BCUT2D eigenvalue weighted by Gasteiger charge is 2.37. The van der Waals surface area contributed by atoms with E-state index in [1.807, 2.05) is 47.8 Å². The summed E-state index contributed by atoms with van der Waals surface area (Å²) in [6, 6.07) is 16.2. The SMILES string of the molecule is O=C(NC1CC1)c1ccc(CN(CC(=O)N2N=C(c3ccco3)CC2c2cccs2)C2CC2)cc1. The molecule has 180 valence electrons. The topological polar surface area (TPSA) is 78.2 Å². The first-order valence-electron chi connectivity index (χ1n) is 12.2. The van der Waals surface area contributed by atoms with Crippen molar-refractivity contribution < 1.29 is 14.0 Å². The van der Waals surface area contributed by atoms with Gasteiger partial charge in [-0.25, -0.2) is 5.01 Å². The predicted octanol–water partition coefficient (Wildman–Crippen LogP) is 4.58. The smallest absolute Gasteiger partial charge is 0.257 e. The maximum absolute atomic E-state index is 13.5. The van der Waals surface area contributed by atoms with E-state index in [0.29, 0.717) is 42.9 Å².